The quantitative estimate of drug-likeness (QED) is 0.658. The molecule has 1 aliphatic rings. The zero-order valence-corrected chi connectivity index (χ0v) is 16.3. The lowest BCUT2D eigenvalue weighted by Crippen LogP contribution is -2.26. The molecule has 29 heavy (non-hydrogen) atoms. The van der Waals surface area contributed by atoms with Crippen LogP contribution in [0.25, 0.3) is 0 Å². The number of esters is 1. The number of nitrogens with one attached hydrogen (secondary N) is 1. The Hall–Kier alpha value is -3.60. The highest BCUT2D eigenvalue weighted by atomic mass is 16.5. The second-order valence-electron chi connectivity index (χ2n) is 7.08. The summed E-state index contributed by atoms with van der Waals surface area (Å²) in [5.74, 6) is -0.256. The van der Waals surface area contributed by atoms with Gasteiger partial charge >= 0.3 is 5.97 Å². The van der Waals surface area contributed by atoms with Crippen molar-refractivity contribution in [3.63, 3.8) is 0 Å². The van der Waals surface area contributed by atoms with Gasteiger partial charge < -0.3 is 14.8 Å². The monoisotopic (exact) mass is 387 g/mol. The van der Waals surface area contributed by atoms with E-state index in [4.69, 9.17) is 9.47 Å². The van der Waals surface area contributed by atoms with Crippen molar-refractivity contribution in [3.05, 3.63) is 89.0 Å². The molecule has 1 N–H and O–H groups in total. The Morgan fingerprint density at radius 2 is 1.55 bits per heavy atom. The van der Waals surface area contributed by atoms with Crippen LogP contribution in [0, 0.1) is 13.8 Å². The number of hydrogen-bond acceptors (Lipinski definition) is 4. The molecule has 1 heterocycles. The summed E-state index contributed by atoms with van der Waals surface area (Å²) in [6.45, 7) is 3.56. The SMILES string of the molecule is Cc1ccc(NC(=O)COC(=O)C2c3ccccc3Oc3ccccc32)c(C)c1. The Morgan fingerprint density at radius 3 is 2.17 bits per heavy atom. The number of fused-ring (bicyclic) bond motifs is 2. The van der Waals surface area contributed by atoms with E-state index in [1.807, 2.05) is 80.6 Å². The second-order valence-corrected chi connectivity index (χ2v) is 7.08. The molecule has 1 amide bonds. The molecular formula is C24H21NO4. The molecule has 0 bridgehead atoms. The van der Waals surface area contributed by atoms with Crippen molar-refractivity contribution in [2.45, 2.75) is 19.8 Å². The maximum Gasteiger partial charge on any atom is 0.318 e. The van der Waals surface area contributed by atoms with Gasteiger partial charge in [0.05, 0.1) is 0 Å². The third-order valence-electron chi connectivity index (χ3n) is 4.92. The summed E-state index contributed by atoms with van der Waals surface area (Å²) in [4.78, 5) is 25.2. The van der Waals surface area contributed by atoms with Gasteiger partial charge in [-0.3, -0.25) is 9.59 Å². The highest BCUT2D eigenvalue weighted by Crippen LogP contribution is 2.44. The standard InChI is InChI=1S/C24H21NO4/c1-15-11-12-19(16(2)13-15)25-22(26)14-28-24(27)23-17-7-3-5-9-20(17)29-21-10-6-4-8-18(21)23/h3-13,23H,14H2,1-2H3,(H,25,26). The van der Waals surface area contributed by atoms with E-state index < -0.39 is 11.9 Å². The van der Waals surface area contributed by atoms with Gasteiger partial charge in [0.25, 0.3) is 5.91 Å². The highest BCUT2D eigenvalue weighted by Gasteiger charge is 2.33. The first-order valence-corrected chi connectivity index (χ1v) is 9.42. The van der Waals surface area contributed by atoms with Crippen molar-refractivity contribution in [3.8, 4) is 11.5 Å². The minimum atomic E-state index is -0.634. The fourth-order valence-corrected chi connectivity index (χ4v) is 3.52. The molecule has 3 aromatic carbocycles. The predicted octanol–water partition coefficient (Wildman–Crippen LogP) is 4.72. The molecule has 0 saturated carbocycles. The molecule has 3 aromatic rings. The van der Waals surface area contributed by atoms with Crippen LogP contribution in [0.5, 0.6) is 11.5 Å². The number of benzene rings is 3. The first-order valence-electron chi connectivity index (χ1n) is 9.42. The number of para-hydroxylation sites is 2. The van der Waals surface area contributed by atoms with Crippen molar-refractivity contribution >= 4 is 17.6 Å². The van der Waals surface area contributed by atoms with Gasteiger partial charge in [0.1, 0.15) is 17.4 Å². The van der Waals surface area contributed by atoms with Crippen LogP contribution >= 0.6 is 0 Å². The van der Waals surface area contributed by atoms with E-state index in [2.05, 4.69) is 5.32 Å². The fraction of sp³-hybridized carbons (Fsp3) is 0.167. The van der Waals surface area contributed by atoms with Crippen LogP contribution in [0.2, 0.25) is 0 Å². The van der Waals surface area contributed by atoms with Crippen LogP contribution in [-0.2, 0) is 14.3 Å². The fourth-order valence-electron chi connectivity index (χ4n) is 3.52. The van der Waals surface area contributed by atoms with Gasteiger partial charge in [-0.2, -0.15) is 0 Å². The largest absolute Gasteiger partial charge is 0.457 e. The number of carbonyl (C=O) groups is 2. The maximum absolute atomic E-state index is 12.9. The van der Waals surface area contributed by atoms with E-state index in [1.54, 1.807) is 0 Å². The third kappa shape index (κ3) is 3.85. The first kappa shape index (κ1) is 18.7. The van der Waals surface area contributed by atoms with Crippen LogP contribution in [0.1, 0.15) is 28.2 Å². The lowest BCUT2D eigenvalue weighted by molar-refractivity contribution is -0.148. The molecule has 5 nitrogen and oxygen atoms in total. The summed E-state index contributed by atoms with van der Waals surface area (Å²) in [7, 11) is 0. The van der Waals surface area contributed by atoms with Crippen molar-refractivity contribution < 1.29 is 19.1 Å². The van der Waals surface area contributed by atoms with Crippen LogP contribution in [0.3, 0.4) is 0 Å². The molecule has 146 valence electrons. The summed E-state index contributed by atoms with van der Waals surface area (Å²) >= 11 is 0. The average Bonchev–Trinajstić information content (AvgIpc) is 2.72. The van der Waals surface area contributed by atoms with Gasteiger partial charge in [0.2, 0.25) is 0 Å². The van der Waals surface area contributed by atoms with Crippen molar-refractivity contribution in [1.82, 2.24) is 0 Å². The van der Waals surface area contributed by atoms with Gasteiger partial charge in [0.15, 0.2) is 6.61 Å². The van der Waals surface area contributed by atoms with Crippen molar-refractivity contribution in [2.24, 2.45) is 0 Å². The molecule has 1 aliphatic heterocycles. The summed E-state index contributed by atoms with van der Waals surface area (Å²) in [5, 5.41) is 2.79. The summed E-state index contributed by atoms with van der Waals surface area (Å²) in [5.41, 5.74) is 4.23. The Balaban J connectivity index is 1.49. The van der Waals surface area contributed by atoms with Gasteiger partial charge in [-0.15, -0.1) is 0 Å². The van der Waals surface area contributed by atoms with Gasteiger partial charge in [-0.25, -0.2) is 0 Å². The van der Waals surface area contributed by atoms with Gasteiger partial charge in [-0.1, -0.05) is 54.1 Å². The molecule has 0 spiro atoms. The van der Waals surface area contributed by atoms with E-state index in [0.717, 1.165) is 22.3 Å². The number of anilines is 1. The molecule has 4 rings (SSSR count). The number of hydrogen-bond donors (Lipinski definition) is 1. The third-order valence-corrected chi connectivity index (χ3v) is 4.92. The molecule has 0 unspecified atom stereocenters. The number of rotatable bonds is 4. The van der Waals surface area contributed by atoms with E-state index in [1.165, 1.54) is 0 Å². The number of amides is 1. The number of carbonyl (C=O) groups excluding carboxylic acids is 2. The van der Waals surface area contributed by atoms with Gasteiger partial charge in [-0.05, 0) is 37.6 Å². The molecule has 0 aromatic heterocycles. The number of ether oxygens (including phenoxy) is 2. The van der Waals surface area contributed by atoms with Crippen LogP contribution in [-0.4, -0.2) is 18.5 Å². The van der Waals surface area contributed by atoms with Gasteiger partial charge in [0, 0.05) is 16.8 Å². The molecule has 0 saturated heterocycles. The molecule has 0 radical (unpaired) electrons. The molecule has 5 heteroatoms. The summed E-state index contributed by atoms with van der Waals surface area (Å²) in [6.07, 6.45) is 0. The highest BCUT2D eigenvalue weighted by molar-refractivity contribution is 5.94. The maximum atomic E-state index is 12.9. The minimum absolute atomic E-state index is 0.353. The zero-order valence-electron chi connectivity index (χ0n) is 16.3. The van der Waals surface area contributed by atoms with Crippen molar-refractivity contribution in [1.29, 1.82) is 0 Å². The van der Waals surface area contributed by atoms with Crippen molar-refractivity contribution in [2.75, 3.05) is 11.9 Å². The lowest BCUT2D eigenvalue weighted by Gasteiger charge is -2.26. The van der Waals surface area contributed by atoms with E-state index >= 15 is 0 Å². The Bertz CT molecular complexity index is 1040. The normalized spacial score (nSPS) is 12.3. The number of aryl methyl sites for hydroxylation is 2. The first-order chi connectivity index (χ1) is 14.0. The Labute approximate surface area is 169 Å². The summed E-state index contributed by atoms with van der Waals surface area (Å²) in [6, 6.07) is 20.5. The van der Waals surface area contributed by atoms with Crippen LogP contribution in [0.15, 0.2) is 66.7 Å². The molecule has 0 atom stereocenters. The molecular weight excluding hydrogens is 366 g/mol. The van der Waals surface area contributed by atoms with E-state index in [9.17, 15) is 9.59 Å². The predicted molar refractivity (Wildman–Crippen MR) is 110 cm³/mol. The van der Waals surface area contributed by atoms with Crippen LogP contribution in [0.4, 0.5) is 5.69 Å². The van der Waals surface area contributed by atoms with Crippen LogP contribution < -0.4 is 10.1 Å². The minimum Gasteiger partial charge on any atom is -0.457 e. The average molecular weight is 387 g/mol. The smallest absolute Gasteiger partial charge is 0.318 e. The second kappa shape index (κ2) is 7.80. The Morgan fingerprint density at radius 1 is 0.931 bits per heavy atom. The topological polar surface area (TPSA) is 64.6 Å². The lowest BCUT2D eigenvalue weighted by atomic mass is 9.88. The summed E-state index contributed by atoms with van der Waals surface area (Å²) < 4.78 is 11.3. The van der Waals surface area contributed by atoms with E-state index in [-0.39, 0.29) is 12.5 Å². The Kier molecular flexibility index (Phi) is 5.04. The van der Waals surface area contributed by atoms with E-state index in [0.29, 0.717) is 17.2 Å². The molecule has 0 aliphatic carbocycles. The molecule has 0 fully saturated rings. The zero-order chi connectivity index (χ0) is 20.4.